The van der Waals surface area contributed by atoms with E-state index >= 15 is 0 Å². The molecule has 0 spiro atoms. The predicted molar refractivity (Wildman–Crippen MR) is 149 cm³/mol. The Balaban J connectivity index is -0.000000345. The molecule has 3 unspecified atom stereocenters. The molecule has 1 aliphatic heterocycles. The summed E-state index contributed by atoms with van der Waals surface area (Å²) in [6.07, 6.45) is -5.20. The number of alkyl halides is 3. The molecule has 3 atom stereocenters. The number of hydrogen-bond acceptors (Lipinski definition) is 5. The number of likely N-dealkylation sites (tertiary alicyclic amines) is 1. The fourth-order valence-corrected chi connectivity index (χ4v) is 3.17. The van der Waals surface area contributed by atoms with Gasteiger partial charge in [-0.2, -0.15) is 13.2 Å². The number of rotatable bonds is 4. The van der Waals surface area contributed by atoms with E-state index in [-0.39, 0.29) is 12.5 Å². The van der Waals surface area contributed by atoms with Crippen LogP contribution in [0.1, 0.15) is 123 Å². The number of esters is 1. The number of hydrogen-bond donors (Lipinski definition) is 1. The van der Waals surface area contributed by atoms with Crippen molar-refractivity contribution in [1.82, 2.24) is 4.90 Å². The van der Waals surface area contributed by atoms with Gasteiger partial charge in [0.05, 0.1) is 11.5 Å². The van der Waals surface area contributed by atoms with Gasteiger partial charge >= 0.3 is 18.2 Å². The van der Waals surface area contributed by atoms with Crippen molar-refractivity contribution in [2.24, 2.45) is 17.1 Å². The van der Waals surface area contributed by atoms with E-state index in [1.54, 1.807) is 48.5 Å². The van der Waals surface area contributed by atoms with Gasteiger partial charge in [-0.1, -0.05) is 54.9 Å². The molecule has 0 bridgehead atoms. The van der Waals surface area contributed by atoms with Gasteiger partial charge in [0.1, 0.15) is 18.1 Å². The second-order valence-electron chi connectivity index (χ2n) is 10.2. The Hall–Kier alpha value is -2.00. The number of piperidine rings is 1. The Bertz CT molecular complexity index is 642. The normalized spacial score (nSPS) is 17.8. The van der Waals surface area contributed by atoms with Gasteiger partial charge in [-0.15, -0.1) is 0 Å². The van der Waals surface area contributed by atoms with E-state index in [2.05, 4.69) is 4.74 Å². The highest BCUT2D eigenvalue weighted by Crippen LogP contribution is 2.31. The monoisotopic (exact) mass is 558 g/mol. The third kappa shape index (κ3) is 22.0. The second kappa shape index (κ2) is 20.9. The average Bonchev–Trinajstić information content (AvgIpc) is 2.79. The molecule has 2 N–H and O–H groups in total. The van der Waals surface area contributed by atoms with Crippen LogP contribution in [-0.2, 0) is 19.1 Å². The first-order valence-corrected chi connectivity index (χ1v) is 13.8. The summed E-state index contributed by atoms with van der Waals surface area (Å²) in [5.74, 6) is -1.18. The van der Waals surface area contributed by atoms with Gasteiger partial charge in [-0.25, -0.2) is 4.79 Å². The van der Waals surface area contributed by atoms with Crippen LogP contribution in [-0.4, -0.2) is 53.3 Å². The van der Waals surface area contributed by atoms with E-state index in [4.69, 9.17) is 10.5 Å². The summed E-state index contributed by atoms with van der Waals surface area (Å²) in [6.45, 7) is 26.3. The van der Waals surface area contributed by atoms with Gasteiger partial charge < -0.3 is 20.1 Å². The van der Waals surface area contributed by atoms with Crippen molar-refractivity contribution in [2.75, 3.05) is 6.54 Å². The van der Waals surface area contributed by atoms with Crippen LogP contribution in [0, 0.1) is 11.3 Å². The van der Waals surface area contributed by atoms with Gasteiger partial charge in [0, 0.05) is 6.54 Å². The number of carbonyl (C=O) groups is 3. The zero-order chi connectivity index (χ0) is 31.5. The van der Waals surface area contributed by atoms with Crippen LogP contribution in [0.3, 0.4) is 0 Å². The highest BCUT2D eigenvalue weighted by Gasteiger charge is 2.41. The molecule has 1 heterocycles. The van der Waals surface area contributed by atoms with Crippen LogP contribution >= 0.6 is 0 Å². The van der Waals surface area contributed by atoms with Gasteiger partial charge in [0.25, 0.3) is 0 Å². The van der Waals surface area contributed by atoms with E-state index in [9.17, 15) is 27.6 Å². The minimum atomic E-state index is -4.54. The zero-order valence-corrected chi connectivity index (χ0v) is 26.5. The molecule has 0 saturated carbocycles. The highest BCUT2D eigenvalue weighted by molar-refractivity contribution is 5.78. The Morgan fingerprint density at radius 2 is 1.37 bits per heavy atom. The van der Waals surface area contributed by atoms with Crippen LogP contribution < -0.4 is 5.73 Å². The lowest BCUT2D eigenvalue weighted by molar-refractivity contribution is -0.173. The molecule has 0 aromatic rings. The standard InChI is InChI=1S/C17H28F3NO3.C5H11NO2.3C2H6/c1-6-12-7-8-13(11(2)24-15(23)16(3,4)5)21(10-12)14(22)9-17(18,19)20;1-5(2,3)8-4(6)7;3*1-2/h11-13H,6-10H2,1-5H3;1-3H3,(H2,6,7);3*1-2H3. The fraction of sp³-hybridized carbons (Fsp3) is 0.893. The molecular weight excluding hydrogens is 501 g/mol. The molecule has 0 aromatic heterocycles. The van der Waals surface area contributed by atoms with E-state index in [1.807, 2.05) is 48.5 Å². The van der Waals surface area contributed by atoms with E-state index in [0.717, 1.165) is 12.8 Å². The molecule has 1 saturated heterocycles. The summed E-state index contributed by atoms with van der Waals surface area (Å²) in [5, 5.41) is 0. The number of nitrogens with zero attached hydrogens (tertiary/aromatic N) is 1. The average molecular weight is 559 g/mol. The molecule has 1 fully saturated rings. The fourth-order valence-electron chi connectivity index (χ4n) is 3.17. The van der Waals surface area contributed by atoms with Gasteiger partial charge in [0.2, 0.25) is 5.91 Å². The number of amides is 2. The SMILES string of the molecule is CC.CC.CC.CC(C)(C)OC(N)=O.CCC1CCC(C(C)OC(=O)C(C)(C)C)N(C(=O)CC(F)(F)F)C1. The van der Waals surface area contributed by atoms with Crippen LogP contribution in [0.15, 0.2) is 0 Å². The molecule has 10 heteroatoms. The largest absolute Gasteiger partial charge is 0.460 e. The van der Waals surface area contributed by atoms with Gasteiger partial charge in [-0.05, 0) is 67.2 Å². The lowest BCUT2D eigenvalue weighted by Crippen LogP contribution is -2.53. The molecule has 2 amide bonds. The number of carbonyl (C=O) groups excluding carboxylic acids is 3. The van der Waals surface area contributed by atoms with Crippen LogP contribution in [0.4, 0.5) is 18.0 Å². The third-order valence-electron chi connectivity index (χ3n) is 4.83. The molecule has 0 radical (unpaired) electrons. The molecule has 38 heavy (non-hydrogen) atoms. The van der Waals surface area contributed by atoms with Crippen LogP contribution in [0.2, 0.25) is 0 Å². The summed E-state index contributed by atoms with van der Waals surface area (Å²) in [4.78, 5) is 35.5. The van der Waals surface area contributed by atoms with E-state index in [0.29, 0.717) is 6.42 Å². The minimum absolute atomic E-state index is 0.184. The Morgan fingerprint density at radius 3 is 1.66 bits per heavy atom. The van der Waals surface area contributed by atoms with Gasteiger partial charge in [-0.3, -0.25) is 9.59 Å². The minimum Gasteiger partial charge on any atom is -0.460 e. The zero-order valence-electron chi connectivity index (χ0n) is 26.5. The molecule has 1 aliphatic rings. The van der Waals surface area contributed by atoms with E-state index in [1.165, 1.54) is 4.90 Å². The first kappa shape index (κ1) is 43.1. The van der Waals surface area contributed by atoms with Crippen molar-refractivity contribution in [3.05, 3.63) is 0 Å². The maximum atomic E-state index is 12.6. The van der Waals surface area contributed by atoms with Gasteiger partial charge in [0.15, 0.2) is 0 Å². The lowest BCUT2D eigenvalue weighted by Gasteiger charge is -2.42. The Labute approximate surface area is 230 Å². The highest BCUT2D eigenvalue weighted by atomic mass is 19.4. The number of primary amides is 1. The maximum absolute atomic E-state index is 12.6. The van der Waals surface area contributed by atoms with Crippen molar-refractivity contribution < 1.29 is 37.0 Å². The maximum Gasteiger partial charge on any atom is 0.405 e. The summed E-state index contributed by atoms with van der Waals surface area (Å²) in [7, 11) is 0. The van der Waals surface area contributed by atoms with Crippen LogP contribution in [0.25, 0.3) is 0 Å². The van der Waals surface area contributed by atoms with E-state index < -0.39 is 53.7 Å². The molecule has 0 aromatic carbocycles. The van der Waals surface area contributed by atoms with Crippen molar-refractivity contribution in [3.8, 4) is 0 Å². The number of halogens is 3. The molecule has 0 aliphatic carbocycles. The smallest absolute Gasteiger partial charge is 0.405 e. The first-order chi connectivity index (χ1) is 17.3. The van der Waals surface area contributed by atoms with Crippen molar-refractivity contribution in [3.63, 3.8) is 0 Å². The first-order valence-electron chi connectivity index (χ1n) is 13.8. The molecule has 230 valence electrons. The molecular formula is C28H57F3N2O5. The Morgan fingerprint density at radius 1 is 0.921 bits per heavy atom. The number of ether oxygens (including phenoxy) is 2. The topological polar surface area (TPSA) is 98.9 Å². The summed E-state index contributed by atoms with van der Waals surface area (Å²) >= 11 is 0. The summed E-state index contributed by atoms with van der Waals surface area (Å²) in [6, 6.07) is -0.506. The van der Waals surface area contributed by atoms with Crippen molar-refractivity contribution in [2.45, 2.75) is 147 Å². The summed E-state index contributed by atoms with van der Waals surface area (Å²) < 4.78 is 47.8. The Kier molecular flexibility index (Phi) is 23.7. The van der Waals surface area contributed by atoms with Crippen LogP contribution in [0.5, 0.6) is 0 Å². The van der Waals surface area contributed by atoms with Crippen molar-refractivity contribution >= 4 is 18.0 Å². The third-order valence-corrected chi connectivity index (χ3v) is 4.83. The molecule has 1 rings (SSSR count). The lowest BCUT2D eigenvalue weighted by atomic mass is 9.88. The van der Waals surface area contributed by atoms with Crippen molar-refractivity contribution in [1.29, 1.82) is 0 Å². The summed E-state index contributed by atoms with van der Waals surface area (Å²) in [5.41, 5.74) is 3.57. The predicted octanol–water partition coefficient (Wildman–Crippen LogP) is 7.89. The molecule has 7 nitrogen and oxygen atoms in total. The quantitative estimate of drug-likeness (QED) is 0.354. The second-order valence-corrected chi connectivity index (χ2v) is 10.2. The number of nitrogens with two attached hydrogens (primary N) is 1.